The van der Waals surface area contributed by atoms with Gasteiger partial charge in [-0.05, 0) is 67.9 Å². The summed E-state index contributed by atoms with van der Waals surface area (Å²) in [7, 11) is 4.02. The number of phenols is 1. The molecule has 3 heterocycles. The third kappa shape index (κ3) is 4.72. The molecule has 38 heavy (non-hydrogen) atoms. The first-order valence-corrected chi connectivity index (χ1v) is 13.5. The van der Waals surface area contributed by atoms with Crippen LogP contribution in [0.2, 0.25) is 5.02 Å². The van der Waals surface area contributed by atoms with E-state index >= 15 is 4.39 Å². The maximum absolute atomic E-state index is 16.5. The Balaban J connectivity index is 1.50. The van der Waals surface area contributed by atoms with Gasteiger partial charge >= 0.3 is 6.01 Å². The molecule has 2 aliphatic rings. The zero-order valence-electron chi connectivity index (χ0n) is 21.5. The minimum Gasteiger partial charge on any atom is -0.508 e. The number of rotatable bonds is 7. The number of hydrogen-bond acceptors (Lipinski definition) is 7. The van der Waals surface area contributed by atoms with Crippen molar-refractivity contribution in [2.24, 2.45) is 0 Å². The van der Waals surface area contributed by atoms with E-state index in [0.717, 1.165) is 49.7 Å². The second-order valence-electron chi connectivity index (χ2n) is 10.5. The van der Waals surface area contributed by atoms with Gasteiger partial charge in [-0.3, -0.25) is 0 Å². The van der Waals surface area contributed by atoms with Crippen molar-refractivity contribution in [3.8, 4) is 22.9 Å². The number of halogens is 2. The van der Waals surface area contributed by atoms with E-state index in [1.54, 1.807) is 18.2 Å². The molecule has 0 saturated carbocycles. The van der Waals surface area contributed by atoms with Crippen molar-refractivity contribution in [2.75, 3.05) is 45.2 Å². The topological polar surface area (TPSA) is 73.8 Å². The van der Waals surface area contributed by atoms with Crippen molar-refractivity contribution in [1.29, 1.82) is 0 Å². The molecule has 9 heteroatoms. The van der Waals surface area contributed by atoms with Gasteiger partial charge in [0.2, 0.25) is 0 Å². The average molecular weight is 536 g/mol. The van der Waals surface area contributed by atoms with Gasteiger partial charge in [0.15, 0.2) is 5.82 Å². The Bertz CT molecular complexity index is 1500. The molecule has 0 spiro atoms. The molecule has 6 rings (SSSR count). The van der Waals surface area contributed by atoms with Crippen molar-refractivity contribution in [3.63, 3.8) is 0 Å². The van der Waals surface area contributed by atoms with E-state index in [4.69, 9.17) is 21.3 Å². The smallest absolute Gasteiger partial charge is 0.319 e. The number of anilines is 1. The number of phenolic OH excluding ortho intramolecular Hbond substituents is 1. The molecule has 0 radical (unpaired) electrons. The number of nitrogens with zero attached hydrogens (tertiary/aromatic N) is 4. The summed E-state index contributed by atoms with van der Waals surface area (Å²) in [4.78, 5) is 13.6. The molecule has 0 aliphatic carbocycles. The molecule has 2 bridgehead atoms. The normalized spacial score (nSPS) is 19.1. The summed E-state index contributed by atoms with van der Waals surface area (Å²) in [6.45, 7) is 2.84. The Morgan fingerprint density at radius 3 is 2.63 bits per heavy atom. The lowest BCUT2D eigenvalue weighted by molar-refractivity contribution is 0.264. The molecular formula is C29H31ClFN5O2. The largest absolute Gasteiger partial charge is 0.508 e. The van der Waals surface area contributed by atoms with E-state index in [1.807, 2.05) is 38.4 Å². The fraction of sp³-hybridized carbons (Fsp3) is 0.379. The Hall–Kier alpha value is -3.20. The summed E-state index contributed by atoms with van der Waals surface area (Å²) in [5, 5.41) is 16.4. The molecule has 3 aromatic carbocycles. The number of ether oxygens (including phenoxy) is 1. The lowest BCUT2D eigenvalue weighted by Gasteiger charge is -2.34. The van der Waals surface area contributed by atoms with Gasteiger partial charge in [0, 0.05) is 42.7 Å². The molecule has 2 N–H and O–H groups in total. The van der Waals surface area contributed by atoms with Crippen LogP contribution in [0.1, 0.15) is 19.3 Å². The first kappa shape index (κ1) is 25.1. The van der Waals surface area contributed by atoms with Crippen LogP contribution < -0.4 is 15.0 Å². The molecule has 7 nitrogen and oxygen atoms in total. The van der Waals surface area contributed by atoms with Crippen LogP contribution in [-0.4, -0.2) is 72.4 Å². The van der Waals surface area contributed by atoms with E-state index in [9.17, 15) is 5.11 Å². The zero-order chi connectivity index (χ0) is 26.4. The van der Waals surface area contributed by atoms with Gasteiger partial charge in [-0.25, -0.2) is 4.39 Å². The molecule has 0 amide bonds. The quantitative estimate of drug-likeness (QED) is 0.314. The Morgan fingerprint density at radius 1 is 1.11 bits per heavy atom. The maximum Gasteiger partial charge on any atom is 0.319 e. The highest BCUT2D eigenvalue weighted by atomic mass is 35.5. The van der Waals surface area contributed by atoms with E-state index < -0.39 is 5.82 Å². The summed E-state index contributed by atoms with van der Waals surface area (Å²) in [6.07, 6.45) is 3.02. The predicted molar refractivity (Wildman–Crippen MR) is 150 cm³/mol. The Morgan fingerprint density at radius 2 is 1.87 bits per heavy atom. The van der Waals surface area contributed by atoms with E-state index in [2.05, 4.69) is 20.1 Å². The van der Waals surface area contributed by atoms with Crippen LogP contribution in [0.5, 0.6) is 11.8 Å². The van der Waals surface area contributed by atoms with Gasteiger partial charge in [-0.2, -0.15) is 9.97 Å². The summed E-state index contributed by atoms with van der Waals surface area (Å²) >= 11 is 6.80. The second kappa shape index (κ2) is 10.2. The summed E-state index contributed by atoms with van der Waals surface area (Å²) in [5.74, 6) is 0.131. The summed E-state index contributed by atoms with van der Waals surface area (Å²) in [6, 6.07) is 13.4. The van der Waals surface area contributed by atoms with Crippen molar-refractivity contribution < 1.29 is 14.2 Å². The number of hydrogen-bond donors (Lipinski definition) is 2. The number of aromatic hydroxyl groups is 1. The lowest BCUT2D eigenvalue weighted by Crippen LogP contribution is -2.51. The number of benzene rings is 3. The highest BCUT2D eigenvalue weighted by molar-refractivity contribution is 6.35. The lowest BCUT2D eigenvalue weighted by atomic mass is 9.96. The SMILES string of the molecule is CN(C)CCCOc1nc(N2CC3CCC(C2)N3)c2cc(Cl)c(-c3cc(O)cc4ccccc34)c(F)c2n1. The third-order valence-corrected chi connectivity index (χ3v) is 7.75. The van der Waals surface area contributed by atoms with Gasteiger partial charge in [0.05, 0.1) is 11.6 Å². The van der Waals surface area contributed by atoms with Gasteiger partial charge in [0.25, 0.3) is 0 Å². The minimum absolute atomic E-state index is 0.0406. The molecule has 1 aromatic heterocycles. The van der Waals surface area contributed by atoms with Crippen LogP contribution in [0.25, 0.3) is 32.8 Å². The molecule has 198 valence electrons. The van der Waals surface area contributed by atoms with Crippen LogP contribution in [-0.2, 0) is 0 Å². The zero-order valence-corrected chi connectivity index (χ0v) is 22.3. The van der Waals surface area contributed by atoms with Crippen molar-refractivity contribution in [1.82, 2.24) is 20.2 Å². The monoisotopic (exact) mass is 535 g/mol. The Labute approximate surface area is 226 Å². The molecule has 2 atom stereocenters. The maximum atomic E-state index is 16.5. The number of nitrogens with one attached hydrogen (secondary N) is 1. The fourth-order valence-electron chi connectivity index (χ4n) is 5.73. The second-order valence-corrected chi connectivity index (χ2v) is 10.9. The van der Waals surface area contributed by atoms with Crippen molar-refractivity contribution in [2.45, 2.75) is 31.3 Å². The number of aromatic nitrogens is 2. The van der Waals surface area contributed by atoms with Crippen LogP contribution in [0.3, 0.4) is 0 Å². The fourth-order valence-corrected chi connectivity index (χ4v) is 6.02. The van der Waals surface area contributed by atoms with E-state index in [1.165, 1.54) is 0 Å². The summed E-state index contributed by atoms with van der Waals surface area (Å²) in [5.41, 5.74) is 0.879. The third-order valence-electron chi connectivity index (χ3n) is 7.46. The van der Waals surface area contributed by atoms with Gasteiger partial charge in [0.1, 0.15) is 17.1 Å². The molecule has 2 fully saturated rings. The van der Waals surface area contributed by atoms with Crippen LogP contribution in [0.15, 0.2) is 42.5 Å². The van der Waals surface area contributed by atoms with Crippen LogP contribution in [0.4, 0.5) is 10.2 Å². The Kier molecular flexibility index (Phi) is 6.72. The number of piperazine rings is 1. The van der Waals surface area contributed by atoms with E-state index in [0.29, 0.717) is 35.5 Å². The molecule has 2 aliphatic heterocycles. The first-order chi connectivity index (χ1) is 18.4. The van der Waals surface area contributed by atoms with E-state index in [-0.39, 0.29) is 27.9 Å². The van der Waals surface area contributed by atoms with Gasteiger partial charge < -0.3 is 25.0 Å². The molecule has 2 unspecified atom stereocenters. The highest BCUT2D eigenvalue weighted by Crippen LogP contribution is 2.42. The van der Waals surface area contributed by atoms with Gasteiger partial charge in [-0.15, -0.1) is 0 Å². The molecular weight excluding hydrogens is 505 g/mol. The standard InChI is InChI=1S/C29H31ClFN5O2/c1-35(2)10-5-11-38-29-33-27-23(28(34-29)36-15-18-8-9-19(16-36)32-18)14-24(30)25(26(27)31)22-13-20(37)12-17-6-3-4-7-21(17)22/h3-4,6-7,12-14,18-19,32,37H,5,8-11,15-16H2,1-2H3. The van der Waals surface area contributed by atoms with Crippen molar-refractivity contribution in [3.05, 3.63) is 53.3 Å². The first-order valence-electron chi connectivity index (χ1n) is 13.1. The predicted octanol–water partition coefficient (Wildman–Crippen LogP) is 5.22. The highest BCUT2D eigenvalue weighted by Gasteiger charge is 2.34. The van der Waals surface area contributed by atoms with Gasteiger partial charge in [-0.1, -0.05) is 35.9 Å². The molecule has 2 saturated heterocycles. The van der Waals surface area contributed by atoms with Crippen LogP contribution >= 0.6 is 11.6 Å². The van der Waals surface area contributed by atoms with Crippen molar-refractivity contribution >= 4 is 39.1 Å². The summed E-state index contributed by atoms with van der Waals surface area (Å²) < 4.78 is 22.5. The number of fused-ring (bicyclic) bond motifs is 4. The average Bonchev–Trinajstić information content (AvgIpc) is 3.23. The minimum atomic E-state index is -0.553. The molecule has 4 aromatic rings. The van der Waals surface area contributed by atoms with Crippen LogP contribution in [0, 0.1) is 5.82 Å².